The zero-order valence-electron chi connectivity index (χ0n) is 11.0. The van der Waals surface area contributed by atoms with Crippen LogP contribution in [0.2, 0.25) is 5.02 Å². The van der Waals surface area contributed by atoms with E-state index in [1.165, 1.54) is 30.5 Å². The van der Waals surface area contributed by atoms with Crippen LogP contribution in [0.25, 0.3) is 0 Å². The van der Waals surface area contributed by atoms with Crippen molar-refractivity contribution in [3.63, 3.8) is 0 Å². The third kappa shape index (κ3) is 3.59. The van der Waals surface area contributed by atoms with Gasteiger partial charge >= 0.3 is 0 Å². The molecule has 0 heterocycles. The SMILES string of the molecule is N#Cc1ccc(C(=O)N/N=C\c2ccc(O)c(Cl)c2)c(F)c1. The van der Waals surface area contributed by atoms with E-state index in [0.717, 1.165) is 6.07 Å². The lowest BCUT2D eigenvalue weighted by molar-refractivity contribution is 0.0951. The van der Waals surface area contributed by atoms with Crippen molar-refractivity contribution in [3.05, 3.63) is 63.9 Å². The van der Waals surface area contributed by atoms with Gasteiger partial charge in [0.15, 0.2) is 0 Å². The summed E-state index contributed by atoms with van der Waals surface area (Å²) in [4.78, 5) is 11.8. The Hall–Kier alpha value is -2.91. The van der Waals surface area contributed by atoms with Crippen LogP contribution in [0.5, 0.6) is 5.75 Å². The molecule has 0 fully saturated rings. The molecule has 0 radical (unpaired) electrons. The van der Waals surface area contributed by atoms with Crippen molar-refractivity contribution in [3.8, 4) is 11.8 Å². The van der Waals surface area contributed by atoms with Gasteiger partial charge in [0.2, 0.25) is 0 Å². The van der Waals surface area contributed by atoms with Gasteiger partial charge in [0.25, 0.3) is 5.91 Å². The number of hydrogen-bond acceptors (Lipinski definition) is 4. The molecule has 0 aliphatic carbocycles. The highest BCUT2D eigenvalue weighted by atomic mass is 35.5. The molecule has 1 amide bonds. The Morgan fingerprint density at radius 1 is 1.36 bits per heavy atom. The molecule has 0 atom stereocenters. The Bertz CT molecular complexity index is 800. The van der Waals surface area contributed by atoms with E-state index in [1.54, 1.807) is 12.1 Å². The number of carbonyl (C=O) groups is 1. The average Bonchev–Trinajstić information content (AvgIpc) is 2.50. The number of rotatable bonds is 3. The summed E-state index contributed by atoms with van der Waals surface area (Å²) in [5.74, 6) is -1.62. The van der Waals surface area contributed by atoms with Gasteiger partial charge in [-0.3, -0.25) is 4.79 Å². The molecule has 7 heteroatoms. The number of benzene rings is 2. The minimum Gasteiger partial charge on any atom is -0.506 e. The van der Waals surface area contributed by atoms with E-state index in [-0.39, 0.29) is 21.9 Å². The third-order valence-electron chi connectivity index (χ3n) is 2.69. The first-order valence-electron chi connectivity index (χ1n) is 6.03. The molecule has 0 unspecified atom stereocenters. The fourth-order valence-electron chi connectivity index (χ4n) is 1.60. The quantitative estimate of drug-likeness (QED) is 0.674. The molecule has 0 saturated heterocycles. The van der Waals surface area contributed by atoms with Crippen LogP contribution in [0.3, 0.4) is 0 Å². The monoisotopic (exact) mass is 317 g/mol. The van der Waals surface area contributed by atoms with Crippen molar-refractivity contribution >= 4 is 23.7 Å². The summed E-state index contributed by atoms with van der Waals surface area (Å²) in [6.45, 7) is 0. The van der Waals surface area contributed by atoms with E-state index < -0.39 is 11.7 Å². The molecule has 110 valence electrons. The summed E-state index contributed by atoms with van der Waals surface area (Å²) in [6, 6.07) is 9.66. The number of amides is 1. The maximum atomic E-state index is 13.6. The zero-order valence-corrected chi connectivity index (χ0v) is 11.8. The molecule has 0 spiro atoms. The number of nitrogens with one attached hydrogen (secondary N) is 1. The highest BCUT2D eigenvalue weighted by molar-refractivity contribution is 6.32. The second kappa shape index (κ2) is 6.70. The first-order chi connectivity index (χ1) is 10.5. The van der Waals surface area contributed by atoms with Gasteiger partial charge in [0.1, 0.15) is 11.6 Å². The second-order valence-corrected chi connectivity index (χ2v) is 4.62. The fraction of sp³-hybridized carbons (Fsp3) is 0. The third-order valence-corrected chi connectivity index (χ3v) is 3.00. The fourth-order valence-corrected chi connectivity index (χ4v) is 1.79. The first-order valence-corrected chi connectivity index (χ1v) is 6.40. The van der Waals surface area contributed by atoms with Crippen molar-refractivity contribution in [2.45, 2.75) is 0 Å². The molecule has 5 nitrogen and oxygen atoms in total. The van der Waals surface area contributed by atoms with E-state index in [1.807, 2.05) is 0 Å². The van der Waals surface area contributed by atoms with Gasteiger partial charge in [-0.2, -0.15) is 10.4 Å². The number of nitriles is 1. The number of halogens is 2. The van der Waals surface area contributed by atoms with Crippen LogP contribution >= 0.6 is 11.6 Å². The Labute approximate surface area is 130 Å². The van der Waals surface area contributed by atoms with E-state index in [9.17, 15) is 14.3 Å². The maximum absolute atomic E-state index is 13.6. The molecule has 0 bridgehead atoms. The summed E-state index contributed by atoms with van der Waals surface area (Å²) < 4.78 is 13.6. The molecular weight excluding hydrogens is 309 g/mol. The highest BCUT2D eigenvalue weighted by Gasteiger charge is 2.11. The largest absolute Gasteiger partial charge is 0.506 e. The van der Waals surface area contributed by atoms with Crippen molar-refractivity contribution in [2.75, 3.05) is 0 Å². The van der Waals surface area contributed by atoms with Gasteiger partial charge < -0.3 is 5.11 Å². The topological polar surface area (TPSA) is 85.5 Å². The van der Waals surface area contributed by atoms with Crippen molar-refractivity contribution in [1.29, 1.82) is 5.26 Å². The number of hydrazone groups is 1. The average molecular weight is 318 g/mol. The molecule has 2 aromatic carbocycles. The minimum atomic E-state index is -0.806. The van der Waals surface area contributed by atoms with Crippen LogP contribution in [0, 0.1) is 17.1 Å². The smallest absolute Gasteiger partial charge is 0.274 e. The number of carbonyl (C=O) groups excluding carboxylic acids is 1. The lowest BCUT2D eigenvalue weighted by Crippen LogP contribution is -2.19. The minimum absolute atomic E-state index is 0.0671. The zero-order chi connectivity index (χ0) is 16.1. The Morgan fingerprint density at radius 3 is 2.77 bits per heavy atom. The van der Waals surface area contributed by atoms with Gasteiger partial charge in [0.05, 0.1) is 28.4 Å². The molecule has 0 aliphatic rings. The van der Waals surface area contributed by atoms with E-state index >= 15 is 0 Å². The molecule has 0 saturated carbocycles. The molecular formula is C15H9ClFN3O2. The predicted octanol–water partition coefficient (Wildman–Crippen LogP) is 2.82. The van der Waals surface area contributed by atoms with Crippen LogP contribution in [0.1, 0.15) is 21.5 Å². The van der Waals surface area contributed by atoms with Crippen LogP contribution in [0.15, 0.2) is 41.5 Å². The molecule has 0 aromatic heterocycles. The summed E-state index contributed by atoms with van der Waals surface area (Å²) in [5, 5.41) is 21.7. The highest BCUT2D eigenvalue weighted by Crippen LogP contribution is 2.22. The Kier molecular flexibility index (Phi) is 4.71. The van der Waals surface area contributed by atoms with Crippen LogP contribution in [-0.4, -0.2) is 17.2 Å². The Morgan fingerprint density at radius 2 is 2.14 bits per heavy atom. The van der Waals surface area contributed by atoms with Gasteiger partial charge in [-0.25, -0.2) is 9.82 Å². The number of phenols is 1. The van der Waals surface area contributed by atoms with E-state index in [2.05, 4.69) is 10.5 Å². The second-order valence-electron chi connectivity index (χ2n) is 4.22. The van der Waals surface area contributed by atoms with Crippen LogP contribution in [0.4, 0.5) is 4.39 Å². The van der Waals surface area contributed by atoms with Crippen LogP contribution < -0.4 is 5.43 Å². The number of hydrogen-bond donors (Lipinski definition) is 2. The number of aromatic hydroxyl groups is 1. The lowest BCUT2D eigenvalue weighted by Gasteiger charge is -2.02. The van der Waals surface area contributed by atoms with Crippen molar-refractivity contribution in [1.82, 2.24) is 5.43 Å². The van der Waals surface area contributed by atoms with Gasteiger partial charge in [-0.05, 0) is 42.0 Å². The Balaban J connectivity index is 2.08. The van der Waals surface area contributed by atoms with Crippen molar-refractivity contribution < 1.29 is 14.3 Å². The summed E-state index contributed by atoms with van der Waals surface area (Å²) in [5.41, 5.74) is 2.61. The molecule has 2 aromatic rings. The van der Waals surface area contributed by atoms with E-state index in [4.69, 9.17) is 16.9 Å². The maximum Gasteiger partial charge on any atom is 0.274 e. The van der Waals surface area contributed by atoms with Gasteiger partial charge in [-0.1, -0.05) is 11.6 Å². The van der Waals surface area contributed by atoms with Gasteiger partial charge in [-0.15, -0.1) is 0 Å². The van der Waals surface area contributed by atoms with Gasteiger partial charge in [0, 0.05) is 0 Å². The predicted molar refractivity (Wildman–Crippen MR) is 79.3 cm³/mol. The standard InChI is InChI=1S/C15H9ClFN3O2/c16-12-5-10(2-4-14(12)21)8-19-20-15(22)11-3-1-9(7-18)6-13(11)17/h1-6,8,21H,(H,20,22)/b19-8-. The van der Waals surface area contributed by atoms with Crippen molar-refractivity contribution in [2.24, 2.45) is 5.10 Å². The van der Waals surface area contributed by atoms with E-state index in [0.29, 0.717) is 5.56 Å². The van der Waals surface area contributed by atoms with Crippen LogP contribution in [-0.2, 0) is 0 Å². The number of phenolic OH excluding ortho intramolecular Hbond substituents is 1. The summed E-state index contributed by atoms with van der Waals surface area (Å²) >= 11 is 5.73. The summed E-state index contributed by atoms with van der Waals surface area (Å²) in [7, 11) is 0. The molecule has 2 rings (SSSR count). The summed E-state index contributed by atoms with van der Waals surface area (Å²) in [6.07, 6.45) is 1.30. The number of nitrogens with zero attached hydrogens (tertiary/aromatic N) is 2. The molecule has 0 aliphatic heterocycles. The lowest BCUT2D eigenvalue weighted by atomic mass is 10.1. The normalized spacial score (nSPS) is 10.4. The molecule has 22 heavy (non-hydrogen) atoms. The first kappa shape index (κ1) is 15.5. The molecule has 2 N–H and O–H groups in total.